The fourth-order valence-corrected chi connectivity index (χ4v) is 2.42. The molecule has 0 nitrogen and oxygen atoms in total. The zero-order chi connectivity index (χ0) is 13.9. The number of benzene rings is 2. The van der Waals surface area contributed by atoms with Crippen molar-refractivity contribution < 1.29 is 0 Å². The molecular weight excluding hydrogens is 228 g/mol. The Morgan fingerprint density at radius 3 is 2.16 bits per heavy atom. The van der Waals surface area contributed by atoms with Crippen molar-refractivity contribution >= 4 is 5.57 Å². The first-order valence-electron chi connectivity index (χ1n) is 6.80. The molecule has 2 rings (SSSR count). The van der Waals surface area contributed by atoms with Gasteiger partial charge >= 0.3 is 0 Å². The summed E-state index contributed by atoms with van der Waals surface area (Å²) in [5, 5.41) is 0. The Morgan fingerprint density at radius 1 is 0.947 bits per heavy atom. The molecule has 0 bridgehead atoms. The Balaban J connectivity index is 2.24. The minimum atomic E-state index is 0.0630. The monoisotopic (exact) mass is 250 g/mol. The zero-order valence-electron chi connectivity index (χ0n) is 12.1. The molecule has 0 aliphatic rings. The van der Waals surface area contributed by atoms with Crippen LogP contribution in [0.1, 0.15) is 30.5 Å². The number of allylic oxidation sites excluding steroid dienone is 1. The maximum absolute atomic E-state index is 4.32. The summed E-state index contributed by atoms with van der Waals surface area (Å²) in [5.41, 5.74) is 5.27. The molecule has 0 aromatic heterocycles. The summed E-state index contributed by atoms with van der Waals surface area (Å²) in [6.45, 7) is 11.0. The van der Waals surface area contributed by atoms with Crippen LogP contribution in [0.2, 0.25) is 0 Å². The van der Waals surface area contributed by atoms with E-state index in [4.69, 9.17) is 0 Å². The average molecular weight is 250 g/mol. The molecule has 0 N–H and O–H groups in total. The summed E-state index contributed by atoms with van der Waals surface area (Å²) < 4.78 is 0. The SMILES string of the molecule is C=C(c1ccccc1)C(C)(C)Cc1ccccc1C. The van der Waals surface area contributed by atoms with Crippen LogP contribution in [-0.2, 0) is 6.42 Å². The van der Waals surface area contributed by atoms with Crippen molar-refractivity contribution in [2.24, 2.45) is 5.41 Å². The van der Waals surface area contributed by atoms with Gasteiger partial charge < -0.3 is 0 Å². The topological polar surface area (TPSA) is 0 Å². The van der Waals surface area contributed by atoms with Crippen LogP contribution in [0.3, 0.4) is 0 Å². The maximum atomic E-state index is 4.32. The predicted molar refractivity (Wildman–Crippen MR) is 84.1 cm³/mol. The highest BCUT2D eigenvalue weighted by Crippen LogP contribution is 2.36. The highest BCUT2D eigenvalue weighted by Gasteiger charge is 2.23. The number of aryl methyl sites for hydroxylation is 1. The van der Waals surface area contributed by atoms with Gasteiger partial charge in [-0.25, -0.2) is 0 Å². The standard InChI is InChI=1S/C19H22/c1-15-10-8-9-13-18(15)14-19(3,4)16(2)17-11-6-5-7-12-17/h5-13H,2,14H2,1,3-4H3. The fraction of sp³-hybridized carbons (Fsp3) is 0.263. The lowest BCUT2D eigenvalue weighted by atomic mass is 9.76. The Hall–Kier alpha value is -1.82. The van der Waals surface area contributed by atoms with Gasteiger partial charge in [0.1, 0.15) is 0 Å². The normalized spacial score (nSPS) is 11.3. The van der Waals surface area contributed by atoms with Gasteiger partial charge in [0.05, 0.1) is 0 Å². The molecule has 2 aromatic rings. The van der Waals surface area contributed by atoms with E-state index in [1.165, 1.54) is 22.3 Å². The van der Waals surface area contributed by atoms with Crippen molar-refractivity contribution in [3.05, 3.63) is 77.9 Å². The lowest BCUT2D eigenvalue weighted by Gasteiger charge is -2.28. The molecule has 0 spiro atoms. The van der Waals surface area contributed by atoms with E-state index in [1.807, 2.05) is 6.07 Å². The summed E-state index contributed by atoms with van der Waals surface area (Å²) in [4.78, 5) is 0. The molecule has 0 saturated carbocycles. The molecule has 2 aromatic carbocycles. The van der Waals surface area contributed by atoms with Gasteiger partial charge in [-0.05, 0) is 41.0 Å². The second-order valence-electron chi connectivity index (χ2n) is 5.83. The van der Waals surface area contributed by atoms with Gasteiger partial charge in [-0.3, -0.25) is 0 Å². The number of rotatable bonds is 4. The first kappa shape index (κ1) is 13.6. The highest BCUT2D eigenvalue weighted by atomic mass is 14.3. The van der Waals surface area contributed by atoms with Crippen LogP contribution in [0.5, 0.6) is 0 Å². The van der Waals surface area contributed by atoms with Crippen molar-refractivity contribution in [3.8, 4) is 0 Å². The summed E-state index contributed by atoms with van der Waals surface area (Å²) >= 11 is 0. The second-order valence-corrected chi connectivity index (χ2v) is 5.83. The van der Waals surface area contributed by atoms with Crippen molar-refractivity contribution in [2.45, 2.75) is 27.2 Å². The summed E-state index contributed by atoms with van der Waals surface area (Å²) in [5.74, 6) is 0. The maximum Gasteiger partial charge on any atom is -0.00630 e. The van der Waals surface area contributed by atoms with Crippen molar-refractivity contribution in [1.29, 1.82) is 0 Å². The van der Waals surface area contributed by atoms with E-state index in [0.717, 1.165) is 6.42 Å². The van der Waals surface area contributed by atoms with Gasteiger partial charge in [0.2, 0.25) is 0 Å². The molecule has 0 heterocycles. The highest BCUT2D eigenvalue weighted by molar-refractivity contribution is 5.68. The molecule has 0 radical (unpaired) electrons. The van der Waals surface area contributed by atoms with Crippen LogP contribution < -0.4 is 0 Å². The molecule has 0 atom stereocenters. The van der Waals surface area contributed by atoms with E-state index in [2.05, 4.69) is 75.9 Å². The lowest BCUT2D eigenvalue weighted by Crippen LogP contribution is -2.17. The smallest absolute Gasteiger partial charge is 0.00630 e. The van der Waals surface area contributed by atoms with Gasteiger partial charge in [0.25, 0.3) is 0 Å². The summed E-state index contributed by atoms with van der Waals surface area (Å²) in [6.07, 6.45) is 1.02. The molecule has 0 fully saturated rings. The average Bonchev–Trinajstić information content (AvgIpc) is 2.41. The Morgan fingerprint density at radius 2 is 1.53 bits per heavy atom. The Kier molecular flexibility index (Phi) is 3.90. The largest absolute Gasteiger partial charge is 0.0947 e. The predicted octanol–water partition coefficient (Wildman–Crippen LogP) is 5.28. The summed E-state index contributed by atoms with van der Waals surface area (Å²) in [6, 6.07) is 19.1. The van der Waals surface area contributed by atoms with Crippen LogP contribution in [0.25, 0.3) is 5.57 Å². The van der Waals surface area contributed by atoms with Gasteiger partial charge in [-0.1, -0.05) is 75.0 Å². The zero-order valence-corrected chi connectivity index (χ0v) is 12.1. The van der Waals surface area contributed by atoms with E-state index >= 15 is 0 Å². The molecular formula is C19H22. The molecule has 0 saturated heterocycles. The molecule has 0 unspecified atom stereocenters. The van der Waals surface area contributed by atoms with Crippen LogP contribution in [-0.4, -0.2) is 0 Å². The third kappa shape index (κ3) is 3.14. The molecule has 0 aliphatic carbocycles. The molecule has 98 valence electrons. The minimum absolute atomic E-state index is 0.0630. The lowest BCUT2D eigenvalue weighted by molar-refractivity contribution is 0.498. The van der Waals surface area contributed by atoms with E-state index in [1.54, 1.807) is 0 Å². The van der Waals surface area contributed by atoms with E-state index in [0.29, 0.717) is 0 Å². The van der Waals surface area contributed by atoms with Crippen LogP contribution in [0.15, 0.2) is 61.2 Å². The Labute approximate surface area is 116 Å². The third-order valence-electron chi connectivity index (χ3n) is 3.83. The minimum Gasteiger partial charge on any atom is -0.0947 e. The van der Waals surface area contributed by atoms with Gasteiger partial charge in [-0.15, -0.1) is 0 Å². The van der Waals surface area contributed by atoms with E-state index < -0.39 is 0 Å². The second kappa shape index (κ2) is 5.44. The third-order valence-corrected chi connectivity index (χ3v) is 3.83. The van der Waals surface area contributed by atoms with Crippen LogP contribution in [0.4, 0.5) is 0 Å². The fourth-order valence-electron chi connectivity index (χ4n) is 2.42. The quantitative estimate of drug-likeness (QED) is 0.692. The molecule has 19 heavy (non-hydrogen) atoms. The van der Waals surface area contributed by atoms with Crippen molar-refractivity contribution in [2.75, 3.05) is 0 Å². The summed E-state index contributed by atoms with van der Waals surface area (Å²) in [7, 11) is 0. The van der Waals surface area contributed by atoms with Gasteiger partial charge in [-0.2, -0.15) is 0 Å². The number of hydrogen-bond acceptors (Lipinski definition) is 0. The van der Waals surface area contributed by atoms with Crippen molar-refractivity contribution in [3.63, 3.8) is 0 Å². The molecule has 0 aliphatic heterocycles. The first-order valence-corrected chi connectivity index (χ1v) is 6.80. The van der Waals surface area contributed by atoms with Gasteiger partial charge in [0.15, 0.2) is 0 Å². The molecule has 0 amide bonds. The van der Waals surface area contributed by atoms with E-state index in [9.17, 15) is 0 Å². The van der Waals surface area contributed by atoms with E-state index in [-0.39, 0.29) is 5.41 Å². The first-order chi connectivity index (χ1) is 9.00. The number of hydrogen-bond donors (Lipinski definition) is 0. The van der Waals surface area contributed by atoms with Crippen LogP contribution in [0, 0.1) is 12.3 Å². The van der Waals surface area contributed by atoms with Crippen molar-refractivity contribution in [1.82, 2.24) is 0 Å². The molecule has 0 heteroatoms. The van der Waals surface area contributed by atoms with Crippen LogP contribution >= 0.6 is 0 Å². The Bertz CT molecular complexity index is 562. The van der Waals surface area contributed by atoms with Gasteiger partial charge in [0, 0.05) is 0 Å².